The van der Waals surface area contributed by atoms with Crippen molar-refractivity contribution in [2.75, 3.05) is 5.73 Å². The van der Waals surface area contributed by atoms with E-state index in [4.69, 9.17) is 18.7 Å². The highest BCUT2D eigenvalue weighted by Crippen LogP contribution is 2.43. The molecule has 1 saturated heterocycles. The Labute approximate surface area is 205 Å². The Bertz CT molecular complexity index is 1520. The molecule has 4 aromatic rings. The molecule has 2 aliphatic rings. The number of amides is 1. The van der Waals surface area contributed by atoms with E-state index in [1.165, 1.54) is 29.3 Å². The molecule has 0 unspecified atom stereocenters. The van der Waals surface area contributed by atoms with Gasteiger partial charge in [0.2, 0.25) is 11.9 Å². The summed E-state index contributed by atoms with van der Waals surface area (Å²) in [5.41, 5.74) is 8.14. The van der Waals surface area contributed by atoms with E-state index in [-0.39, 0.29) is 35.4 Å². The highest BCUT2D eigenvalue weighted by atomic mass is 35.5. The number of pyridine rings is 1. The van der Waals surface area contributed by atoms with Crippen molar-refractivity contribution < 1.29 is 10.6 Å². The van der Waals surface area contributed by atoms with Gasteiger partial charge in [0.1, 0.15) is 18.0 Å². The molecule has 2 atom stereocenters. The van der Waals surface area contributed by atoms with Crippen LogP contribution >= 0.6 is 11.6 Å². The van der Waals surface area contributed by atoms with Crippen LogP contribution in [0.25, 0.3) is 22.5 Å². The predicted octanol–water partition coefficient (Wildman–Crippen LogP) is 3.34. The second kappa shape index (κ2) is 8.27. The number of nitrogen functional groups attached to an aromatic ring is 1. The summed E-state index contributed by atoms with van der Waals surface area (Å²) in [6.45, 7) is 0. The molecule has 6 rings (SSSR count). The zero-order valence-electron chi connectivity index (χ0n) is 19.2. The molecule has 0 bridgehead atoms. The van der Waals surface area contributed by atoms with Crippen LogP contribution in [0.2, 0.25) is 5.02 Å². The molecule has 35 heavy (non-hydrogen) atoms. The zero-order chi connectivity index (χ0) is 25.0. The molecule has 5 heterocycles. The largest absolute Gasteiger partial charge is 0.384 e. The molecule has 3 N–H and O–H groups in total. The van der Waals surface area contributed by atoms with E-state index in [0.717, 1.165) is 12.0 Å². The van der Waals surface area contributed by atoms with Crippen LogP contribution in [-0.2, 0) is 4.79 Å². The number of nitrogens with two attached hydrogens (primary N) is 1. The number of carbonyl (C=O) groups excluding carboxylic acids is 1. The fourth-order valence-corrected chi connectivity index (χ4v) is 5.03. The number of benzene rings is 1. The first-order valence-electron chi connectivity index (χ1n) is 11.4. The number of nitrogens with zero attached hydrogens (tertiary/aromatic N) is 7. The van der Waals surface area contributed by atoms with Gasteiger partial charge in [0.05, 0.1) is 30.6 Å². The number of H-pyrrole nitrogens is 1. The number of imidazole rings is 1. The average molecular weight is 493 g/mol. The summed E-state index contributed by atoms with van der Waals surface area (Å²) in [6, 6.07) is 6.11. The smallest absolute Gasteiger partial charge is 0.247 e. The standard InChI is InChI=1S/C23H19ClFN9O/c24-13-1-4-18(33-11-28-31-32-33)16(9-13)12-7-14-2-5-19(34(14)21(35)8-12)23-27-10-17(29-23)15-3-6-20(26)30-22(15)25/h1,3-4,6,8-11,14,19H,2,5,7H2,(H2,26,30)(H,27,29)/t14-,19+/m1/s1/i4D. The van der Waals surface area contributed by atoms with Crippen molar-refractivity contribution in [1.29, 1.82) is 0 Å². The molecule has 0 saturated carbocycles. The summed E-state index contributed by atoms with van der Waals surface area (Å²) in [5, 5.41) is 11.7. The number of anilines is 1. The van der Waals surface area contributed by atoms with Crippen LogP contribution in [0, 0.1) is 5.95 Å². The first-order chi connectivity index (χ1) is 17.4. The van der Waals surface area contributed by atoms with E-state index >= 15 is 0 Å². The van der Waals surface area contributed by atoms with E-state index in [2.05, 4.69) is 30.5 Å². The monoisotopic (exact) mass is 492 g/mol. The Morgan fingerprint density at radius 1 is 1.26 bits per heavy atom. The quantitative estimate of drug-likeness (QED) is 0.417. The van der Waals surface area contributed by atoms with E-state index in [9.17, 15) is 9.18 Å². The lowest BCUT2D eigenvalue weighted by atomic mass is 9.92. The Morgan fingerprint density at radius 2 is 2.14 bits per heavy atom. The number of aromatic nitrogens is 7. The fourth-order valence-electron chi connectivity index (χ4n) is 4.86. The fraction of sp³-hybridized carbons (Fsp3) is 0.217. The van der Waals surface area contributed by atoms with E-state index < -0.39 is 5.95 Å². The number of fused-ring (bicyclic) bond motifs is 1. The third-order valence-electron chi connectivity index (χ3n) is 6.39. The first kappa shape index (κ1) is 20.3. The van der Waals surface area contributed by atoms with Gasteiger partial charge in [0.15, 0.2) is 0 Å². The molecule has 1 aromatic carbocycles. The van der Waals surface area contributed by atoms with Gasteiger partial charge in [-0.25, -0.2) is 9.97 Å². The highest BCUT2D eigenvalue weighted by molar-refractivity contribution is 6.30. The molecule has 10 nitrogen and oxygen atoms in total. The van der Waals surface area contributed by atoms with E-state index in [1.54, 1.807) is 18.2 Å². The lowest BCUT2D eigenvalue weighted by Crippen LogP contribution is -2.39. The Hall–Kier alpha value is -4.12. The summed E-state index contributed by atoms with van der Waals surface area (Å²) in [6.07, 6.45) is 6.54. The van der Waals surface area contributed by atoms with Crippen molar-refractivity contribution in [2.24, 2.45) is 0 Å². The summed E-state index contributed by atoms with van der Waals surface area (Å²) >= 11 is 6.27. The van der Waals surface area contributed by atoms with Crippen molar-refractivity contribution in [3.05, 3.63) is 71.3 Å². The van der Waals surface area contributed by atoms with Gasteiger partial charge in [0, 0.05) is 22.7 Å². The second-order valence-corrected chi connectivity index (χ2v) is 8.89. The number of carbonyl (C=O) groups is 1. The second-order valence-electron chi connectivity index (χ2n) is 8.46. The maximum atomic E-state index is 14.3. The van der Waals surface area contributed by atoms with Gasteiger partial charge in [-0.1, -0.05) is 11.6 Å². The van der Waals surface area contributed by atoms with Crippen LogP contribution < -0.4 is 5.73 Å². The number of hydrogen-bond donors (Lipinski definition) is 2. The minimum Gasteiger partial charge on any atom is -0.384 e. The van der Waals surface area contributed by atoms with Crippen molar-refractivity contribution >= 4 is 28.9 Å². The van der Waals surface area contributed by atoms with Gasteiger partial charge in [0.25, 0.3) is 0 Å². The first-order valence-corrected chi connectivity index (χ1v) is 11.3. The van der Waals surface area contributed by atoms with Gasteiger partial charge in [-0.3, -0.25) is 4.79 Å². The molecular formula is C23H19ClFN9O. The van der Waals surface area contributed by atoms with Crippen LogP contribution in [0.15, 0.2) is 48.9 Å². The lowest BCUT2D eigenvalue weighted by molar-refractivity contribution is -0.129. The third kappa shape index (κ3) is 3.73. The topological polar surface area (TPSA) is 132 Å². The van der Waals surface area contributed by atoms with Crippen LogP contribution in [0.4, 0.5) is 10.2 Å². The highest BCUT2D eigenvalue weighted by Gasteiger charge is 2.41. The third-order valence-corrected chi connectivity index (χ3v) is 6.61. The molecule has 12 heteroatoms. The van der Waals surface area contributed by atoms with Gasteiger partial charge in [-0.05, 0) is 65.6 Å². The summed E-state index contributed by atoms with van der Waals surface area (Å²) < 4.78 is 24.1. The Morgan fingerprint density at radius 3 is 2.94 bits per heavy atom. The number of rotatable bonds is 4. The predicted molar refractivity (Wildman–Crippen MR) is 126 cm³/mol. The number of halogens is 2. The van der Waals surface area contributed by atoms with E-state index in [1.807, 2.05) is 4.90 Å². The minimum absolute atomic E-state index is 0.0686. The van der Waals surface area contributed by atoms with Gasteiger partial charge in [-0.2, -0.15) is 9.07 Å². The number of hydrogen-bond acceptors (Lipinski definition) is 7. The Balaban J connectivity index is 1.32. The van der Waals surface area contributed by atoms with Gasteiger partial charge in [-0.15, -0.1) is 5.10 Å². The lowest BCUT2D eigenvalue weighted by Gasteiger charge is -2.33. The maximum Gasteiger partial charge on any atom is 0.247 e. The molecular weight excluding hydrogens is 473 g/mol. The van der Waals surface area contributed by atoms with Crippen LogP contribution in [-0.4, -0.2) is 52.0 Å². The number of tetrazole rings is 1. The SMILES string of the molecule is [2H]c1cc(Cl)cc(C2=CC(=O)N3[C@H](CC[C@H]3c3ncc(-c4ccc(N)nc4F)[nH]3)C2)c1-n1cnnn1. The van der Waals surface area contributed by atoms with Crippen LogP contribution in [0.5, 0.6) is 0 Å². The van der Waals surface area contributed by atoms with Crippen molar-refractivity contribution in [3.63, 3.8) is 0 Å². The molecule has 1 fully saturated rings. The molecule has 1 amide bonds. The van der Waals surface area contributed by atoms with E-state index in [0.29, 0.717) is 40.6 Å². The van der Waals surface area contributed by atoms with Crippen molar-refractivity contribution in [1.82, 2.24) is 40.1 Å². The average Bonchev–Trinajstić information content (AvgIpc) is 3.59. The molecule has 3 aromatic heterocycles. The minimum atomic E-state index is -0.690. The van der Waals surface area contributed by atoms with Gasteiger partial charge >= 0.3 is 0 Å². The summed E-state index contributed by atoms with van der Waals surface area (Å²) in [5.74, 6) is -0.183. The maximum absolute atomic E-state index is 14.3. The molecule has 2 aliphatic heterocycles. The molecule has 0 radical (unpaired) electrons. The van der Waals surface area contributed by atoms with Crippen LogP contribution in [0.3, 0.4) is 0 Å². The normalized spacial score (nSPS) is 20.1. The van der Waals surface area contributed by atoms with Crippen LogP contribution in [0.1, 0.15) is 38.1 Å². The summed E-state index contributed by atoms with van der Waals surface area (Å²) in [4.78, 5) is 26.5. The Kier molecular flexibility index (Phi) is 4.79. The summed E-state index contributed by atoms with van der Waals surface area (Å²) in [7, 11) is 0. The van der Waals surface area contributed by atoms with Crippen molar-refractivity contribution in [3.8, 4) is 16.9 Å². The number of aromatic amines is 1. The molecule has 0 spiro atoms. The van der Waals surface area contributed by atoms with Gasteiger partial charge < -0.3 is 15.6 Å². The molecule has 176 valence electrons. The zero-order valence-corrected chi connectivity index (χ0v) is 18.9. The van der Waals surface area contributed by atoms with Crippen molar-refractivity contribution in [2.45, 2.75) is 31.3 Å². The molecule has 0 aliphatic carbocycles. The number of nitrogens with one attached hydrogen (secondary N) is 1.